The van der Waals surface area contributed by atoms with Gasteiger partial charge in [-0.05, 0) is 24.3 Å². The number of hydrogen-bond donors (Lipinski definition) is 2. The molecule has 2 N–H and O–H groups in total. The van der Waals surface area contributed by atoms with Crippen LogP contribution >= 0.6 is 11.6 Å². The van der Waals surface area contributed by atoms with Gasteiger partial charge in [0.05, 0.1) is 23.7 Å². The number of aromatic nitrogens is 2. The van der Waals surface area contributed by atoms with Crippen LogP contribution in [0.4, 0.5) is 5.69 Å². The van der Waals surface area contributed by atoms with Crippen molar-refractivity contribution in [3.05, 3.63) is 53.3 Å². The second-order valence-electron chi connectivity index (χ2n) is 4.90. The third-order valence-corrected chi connectivity index (χ3v) is 3.56. The average molecular weight is 316 g/mol. The minimum absolute atomic E-state index is 0.150. The fourth-order valence-electron chi connectivity index (χ4n) is 2.36. The molecule has 0 aliphatic heterocycles. The van der Waals surface area contributed by atoms with E-state index in [-0.39, 0.29) is 12.5 Å². The highest BCUT2D eigenvalue weighted by Gasteiger charge is 2.13. The maximum atomic E-state index is 11.2. The Balaban J connectivity index is 2.15. The quantitative estimate of drug-likeness (QED) is 0.780. The Labute approximate surface area is 132 Å². The number of nitrogens with one attached hydrogen (secondary N) is 1. The number of imidazole rings is 1. The number of amides is 1. The van der Waals surface area contributed by atoms with Crippen LogP contribution < -0.4 is 5.32 Å². The number of fused-ring (bicyclic) bond motifs is 1. The molecule has 0 aliphatic rings. The van der Waals surface area contributed by atoms with Crippen LogP contribution in [0, 0.1) is 0 Å². The average Bonchev–Trinajstić information content (AvgIpc) is 2.85. The molecule has 6 heteroatoms. The molecule has 3 aromatic rings. The van der Waals surface area contributed by atoms with Crippen molar-refractivity contribution >= 4 is 28.8 Å². The van der Waals surface area contributed by atoms with Gasteiger partial charge in [0.2, 0.25) is 5.91 Å². The largest absolute Gasteiger partial charge is 0.390 e. The summed E-state index contributed by atoms with van der Waals surface area (Å²) in [5.41, 5.74) is 3.57. The molecule has 2 aromatic heterocycles. The molecular formula is C16H14ClN3O2. The van der Waals surface area contributed by atoms with Crippen molar-refractivity contribution in [3.63, 3.8) is 0 Å². The van der Waals surface area contributed by atoms with Gasteiger partial charge in [-0.25, -0.2) is 4.98 Å². The van der Waals surface area contributed by atoms with Gasteiger partial charge >= 0.3 is 0 Å². The molecule has 0 unspecified atom stereocenters. The molecular weight excluding hydrogens is 302 g/mol. The minimum atomic E-state index is -0.164. The molecule has 3 rings (SSSR count). The Bertz CT molecular complexity index is 840. The van der Waals surface area contributed by atoms with E-state index in [1.165, 1.54) is 6.92 Å². The number of aliphatic hydroxyl groups excluding tert-OH is 1. The zero-order valence-electron chi connectivity index (χ0n) is 11.9. The number of pyridine rings is 1. The standard InChI is InChI=1S/C16H14ClN3O2/c1-10(22)18-13-6-7-15-19-16(14(9-21)20(15)8-13)11-2-4-12(17)5-3-11/h2-8,21H,9H2,1H3,(H,18,22). The lowest BCUT2D eigenvalue weighted by molar-refractivity contribution is -0.114. The fourth-order valence-corrected chi connectivity index (χ4v) is 2.49. The second kappa shape index (κ2) is 5.79. The molecule has 0 aliphatic carbocycles. The monoisotopic (exact) mass is 315 g/mol. The Morgan fingerprint density at radius 2 is 2.00 bits per heavy atom. The number of benzene rings is 1. The molecule has 112 valence electrons. The number of rotatable bonds is 3. The third-order valence-electron chi connectivity index (χ3n) is 3.31. The van der Waals surface area contributed by atoms with E-state index in [9.17, 15) is 9.90 Å². The van der Waals surface area contributed by atoms with E-state index in [2.05, 4.69) is 10.3 Å². The van der Waals surface area contributed by atoms with E-state index in [1.807, 2.05) is 12.1 Å². The van der Waals surface area contributed by atoms with Gasteiger partial charge in [-0.15, -0.1) is 0 Å². The van der Waals surface area contributed by atoms with Crippen molar-refractivity contribution in [1.29, 1.82) is 0 Å². The lowest BCUT2D eigenvalue weighted by Crippen LogP contribution is -2.06. The highest BCUT2D eigenvalue weighted by Crippen LogP contribution is 2.26. The summed E-state index contributed by atoms with van der Waals surface area (Å²) in [6, 6.07) is 10.9. The van der Waals surface area contributed by atoms with Crippen LogP contribution in [-0.4, -0.2) is 20.4 Å². The minimum Gasteiger partial charge on any atom is -0.390 e. The van der Waals surface area contributed by atoms with E-state index in [0.717, 1.165) is 5.56 Å². The molecule has 0 saturated carbocycles. The second-order valence-corrected chi connectivity index (χ2v) is 5.34. The number of carbonyl (C=O) groups excluding carboxylic acids is 1. The number of nitrogens with zero attached hydrogens (tertiary/aromatic N) is 2. The van der Waals surface area contributed by atoms with Crippen LogP contribution in [-0.2, 0) is 11.4 Å². The van der Waals surface area contributed by atoms with Gasteiger partial charge in [0.1, 0.15) is 5.65 Å². The first-order chi connectivity index (χ1) is 10.6. The Kier molecular flexibility index (Phi) is 3.83. The third kappa shape index (κ3) is 2.68. The molecule has 1 amide bonds. The molecule has 0 radical (unpaired) electrons. The smallest absolute Gasteiger partial charge is 0.221 e. The van der Waals surface area contributed by atoms with Crippen molar-refractivity contribution in [3.8, 4) is 11.3 Å². The van der Waals surface area contributed by atoms with Crippen molar-refractivity contribution in [2.75, 3.05) is 5.32 Å². The molecule has 22 heavy (non-hydrogen) atoms. The van der Waals surface area contributed by atoms with Crippen LogP contribution in [0.5, 0.6) is 0 Å². The van der Waals surface area contributed by atoms with E-state index in [4.69, 9.17) is 11.6 Å². The predicted molar refractivity (Wildman–Crippen MR) is 85.9 cm³/mol. The summed E-state index contributed by atoms with van der Waals surface area (Å²) in [6.07, 6.45) is 1.74. The van der Waals surface area contributed by atoms with Crippen molar-refractivity contribution < 1.29 is 9.90 Å². The normalized spacial score (nSPS) is 10.9. The zero-order valence-corrected chi connectivity index (χ0v) is 12.6. The van der Waals surface area contributed by atoms with Crippen LogP contribution in [0.15, 0.2) is 42.6 Å². The van der Waals surface area contributed by atoms with Crippen molar-refractivity contribution in [2.45, 2.75) is 13.5 Å². The lowest BCUT2D eigenvalue weighted by atomic mass is 10.1. The van der Waals surface area contributed by atoms with Crippen molar-refractivity contribution in [2.24, 2.45) is 0 Å². The molecule has 2 heterocycles. The summed E-state index contributed by atoms with van der Waals surface area (Å²) in [6.45, 7) is 1.28. The molecule has 1 aromatic carbocycles. The van der Waals surface area contributed by atoms with Crippen LogP contribution in [0.25, 0.3) is 16.9 Å². The number of halogens is 1. The highest BCUT2D eigenvalue weighted by atomic mass is 35.5. The van der Waals surface area contributed by atoms with Crippen LogP contribution in [0.1, 0.15) is 12.6 Å². The number of carbonyl (C=O) groups is 1. The molecule has 0 bridgehead atoms. The maximum Gasteiger partial charge on any atom is 0.221 e. The van der Waals surface area contributed by atoms with E-state index in [1.54, 1.807) is 34.9 Å². The van der Waals surface area contributed by atoms with Gasteiger partial charge in [-0.1, -0.05) is 23.7 Å². The van der Waals surface area contributed by atoms with Gasteiger partial charge in [0.25, 0.3) is 0 Å². The molecule has 5 nitrogen and oxygen atoms in total. The molecule has 0 spiro atoms. The first-order valence-corrected chi connectivity index (χ1v) is 7.11. The van der Waals surface area contributed by atoms with Crippen LogP contribution in [0.3, 0.4) is 0 Å². The summed E-state index contributed by atoms with van der Waals surface area (Å²) in [7, 11) is 0. The van der Waals surface area contributed by atoms with Crippen LogP contribution in [0.2, 0.25) is 5.02 Å². The molecule has 0 atom stereocenters. The summed E-state index contributed by atoms with van der Waals surface area (Å²) in [4.78, 5) is 15.7. The van der Waals surface area contributed by atoms with Crippen molar-refractivity contribution in [1.82, 2.24) is 9.38 Å². The van der Waals surface area contributed by atoms with E-state index >= 15 is 0 Å². The van der Waals surface area contributed by atoms with Gasteiger partial charge in [-0.2, -0.15) is 0 Å². The zero-order chi connectivity index (χ0) is 15.7. The summed E-state index contributed by atoms with van der Waals surface area (Å²) < 4.78 is 1.77. The van der Waals surface area contributed by atoms with Gasteiger partial charge in [0.15, 0.2) is 0 Å². The highest BCUT2D eigenvalue weighted by molar-refractivity contribution is 6.30. The summed E-state index contributed by atoms with van der Waals surface area (Å²) in [5.74, 6) is -0.150. The molecule has 0 fully saturated rings. The number of anilines is 1. The van der Waals surface area contributed by atoms with Gasteiger partial charge in [0, 0.05) is 23.7 Å². The SMILES string of the molecule is CC(=O)Nc1ccc2nc(-c3ccc(Cl)cc3)c(CO)n2c1. The first-order valence-electron chi connectivity index (χ1n) is 6.74. The Morgan fingerprint density at radius 1 is 1.27 bits per heavy atom. The topological polar surface area (TPSA) is 66.6 Å². The Morgan fingerprint density at radius 3 is 2.64 bits per heavy atom. The first kappa shape index (κ1) is 14.6. The molecule has 0 saturated heterocycles. The maximum absolute atomic E-state index is 11.2. The summed E-state index contributed by atoms with van der Waals surface area (Å²) in [5, 5.41) is 13.1. The van der Waals surface area contributed by atoms with Gasteiger partial charge in [-0.3, -0.25) is 9.20 Å². The summed E-state index contributed by atoms with van der Waals surface area (Å²) >= 11 is 5.91. The predicted octanol–water partition coefficient (Wildman–Crippen LogP) is 3.11. The lowest BCUT2D eigenvalue weighted by Gasteiger charge is -2.05. The fraction of sp³-hybridized carbons (Fsp3) is 0.125. The van der Waals surface area contributed by atoms with Gasteiger partial charge < -0.3 is 10.4 Å². The van der Waals surface area contributed by atoms with E-state index < -0.39 is 0 Å². The number of hydrogen-bond acceptors (Lipinski definition) is 3. The van der Waals surface area contributed by atoms with E-state index in [0.29, 0.717) is 27.7 Å². The Hall–Kier alpha value is -2.37. The number of aliphatic hydroxyl groups is 1.